The third kappa shape index (κ3) is 3.67. The van der Waals surface area contributed by atoms with Gasteiger partial charge in [0.25, 0.3) is 5.91 Å². The predicted molar refractivity (Wildman–Crippen MR) is 75.5 cm³/mol. The van der Waals surface area contributed by atoms with Crippen LogP contribution in [0.25, 0.3) is 0 Å². The maximum absolute atomic E-state index is 12.2. The van der Waals surface area contributed by atoms with Gasteiger partial charge in [0.15, 0.2) is 5.69 Å². The number of carbonyl (C=O) groups excluding carboxylic acids is 1. The van der Waals surface area contributed by atoms with Gasteiger partial charge in [0.1, 0.15) is 11.5 Å². The smallest absolute Gasteiger partial charge is 0.354 e. The summed E-state index contributed by atoms with van der Waals surface area (Å²) in [5.41, 5.74) is 0.331. The van der Waals surface area contributed by atoms with E-state index in [4.69, 9.17) is 9.84 Å². The number of aromatic nitrogens is 2. The van der Waals surface area contributed by atoms with Crippen molar-refractivity contribution in [1.29, 1.82) is 0 Å². The number of hydrogen-bond acceptors (Lipinski definition) is 4. The molecule has 0 saturated heterocycles. The highest BCUT2D eigenvalue weighted by atomic mass is 16.5. The molecule has 0 spiro atoms. The van der Waals surface area contributed by atoms with Crippen molar-refractivity contribution < 1.29 is 19.4 Å². The first-order valence-electron chi connectivity index (χ1n) is 6.27. The van der Waals surface area contributed by atoms with Gasteiger partial charge in [0, 0.05) is 19.9 Å². The number of methoxy groups -OCH3 is 1. The molecule has 0 unspecified atom stereocenters. The van der Waals surface area contributed by atoms with Crippen LogP contribution in [-0.4, -0.2) is 40.3 Å². The molecule has 0 bridgehead atoms. The van der Waals surface area contributed by atoms with Gasteiger partial charge in [-0.3, -0.25) is 4.79 Å². The van der Waals surface area contributed by atoms with Gasteiger partial charge in [-0.1, -0.05) is 6.07 Å². The largest absolute Gasteiger partial charge is 0.477 e. The van der Waals surface area contributed by atoms with Crippen molar-refractivity contribution in [3.8, 4) is 0 Å². The van der Waals surface area contributed by atoms with Crippen molar-refractivity contribution in [2.75, 3.05) is 19.0 Å². The van der Waals surface area contributed by atoms with Gasteiger partial charge < -0.3 is 19.7 Å². The molecule has 0 aliphatic carbocycles. The molecule has 7 nitrogen and oxygen atoms in total. The minimum atomic E-state index is -1.14. The van der Waals surface area contributed by atoms with Crippen LogP contribution in [0.2, 0.25) is 0 Å². The fourth-order valence-corrected chi connectivity index (χ4v) is 1.81. The first-order valence-corrected chi connectivity index (χ1v) is 6.27. The monoisotopic (exact) mass is 289 g/mol. The highest BCUT2D eigenvalue weighted by Gasteiger charge is 2.12. The summed E-state index contributed by atoms with van der Waals surface area (Å²) in [5, 5.41) is 11.5. The molecule has 0 saturated carbocycles. The summed E-state index contributed by atoms with van der Waals surface area (Å²) in [7, 11) is 1.59. The number of ether oxygens (including phenoxy) is 1. The molecule has 0 atom stereocenters. The Morgan fingerprint density at radius 1 is 1.33 bits per heavy atom. The van der Waals surface area contributed by atoms with Crippen LogP contribution in [0.15, 0.2) is 36.5 Å². The van der Waals surface area contributed by atoms with Gasteiger partial charge in [0.2, 0.25) is 0 Å². The molecular weight excluding hydrogens is 274 g/mol. The van der Waals surface area contributed by atoms with Crippen molar-refractivity contribution in [3.63, 3.8) is 0 Å². The minimum Gasteiger partial charge on any atom is -0.477 e. The van der Waals surface area contributed by atoms with Crippen molar-refractivity contribution in [2.24, 2.45) is 0 Å². The zero-order chi connectivity index (χ0) is 15.2. The van der Waals surface area contributed by atoms with Crippen LogP contribution in [0.1, 0.15) is 21.0 Å². The Bertz CT molecular complexity index is 651. The van der Waals surface area contributed by atoms with Crippen molar-refractivity contribution in [2.45, 2.75) is 6.54 Å². The van der Waals surface area contributed by atoms with E-state index in [-0.39, 0.29) is 17.4 Å². The average Bonchev–Trinajstić information content (AvgIpc) is 2.93. The van der Waals surface area contributed by atoms with Gasteiger partial charge in [-0.05, 0) is 24.3 Å². The second-order valence-electron chi connectivity index (χ2n) is 4.25. The molecule has 1 amide bonds. The molecule has 0 aliphatic heterocycles. The zero-order valence-electron chi connectivity index (χ0n) is 11.4. The number of pyridine rings is 1. The van der Waals surface area contributed by atoms with E-state index < -0.39 is 5.97 Å². The third-order valence-electron chi connectivity index (χ3n) is 2.81. The molecule has 7 heteroatoms. The average molecular weight is 289 g/mol. The van der Waals surface area contributed by atoms with Crippen LogP contribution in [0.5, 0.6) is 0 Å². The topological polar surface area (TPSA) is 93.5 Å². The van der Waals surface area contributed by atoms with Crippen LogP contribution in [0.3, 0.4) is 0 Å². The lowest BCUT2D eigenvalue weighted by Gasteiger charge is -2.09. The molecule has 2 N–H and O–H groups in total. The molecule has 21 heavy (non-hydrogen) atoms. The quantitative estimate of drug-likeness (QED) is 0.840. The number of nitrogens with zero attached hydrogens (tertiary/aromatic N) is 2. The first-order chi connectivity index (χ1) is 10.1. The third-order valence-corrected chi connectivity index (χ3v) is 2.81. The number of amides is 1. The zero-order valence-corrected chi connectivity index (χ0v) is 11.4. The normalized spacial score (nSPS) is 10.3. The fraction of sp³-hybridized carbons (Fsp3) is 0.214. The van der Waals surface area contributed by atoms with Crippen LogP contribution >= 0.6 is 0 Å². The number of aromatic carboxylic acids is 1. The molecule has 2 aromatic rings. The van der Waals surface area contributed by atoms with E-state index in [1.165, 1.54) is 18.2 Å². The second kappa shape index (κ2) is 6.67. The molecule has 0 aliphatic rings. The molecule has 110 valence electrons. The lowest BCUT2D eigenvalue weighted by Crippen LogP contribution is -2.19. The Morgan fingerprint density at radius 2 is 2.14 bits per heavy atom. The number of nitrogens with one attached hydrogen (secondary N) is 1. The van der Waals surface area contributed by atoms with E-state index in [1.54, 1.807) is 30.0 Å². The van der Waals surface area contributed by atoms with E-state index in [0.29, 0.717) is 18.8 Å². The van der Waals surface area contributed by atoms with E-state index in [0.717, 1.165) is 0 Å². The summed E-state index contributed by atoms with van der Waals surface area (Å²) in [6.45, 7) is 1.04. The summed E-state index contributed by atoms with van der Waals surface area (Å²) >= 11 is 0. The second-order valence-corrected chi connectivity index (χ2v) is 4.25. The number of anilines is 1. The summed E-state index contributed by atoms with van der Waals surface area (Å²) in [5.74, 6) is -1.31. The van der Waals surface area contributed by atoms with Gasteiger partial charge in [-0.25, -0.2) is 9.78 Å². The first kappa shape index (κ1) is 14.7. The lowest BCUT2D eigenvalue weighted by molar-refractivity contribution is 0.0690. The molecule has 0 radical (unpaired) electrons. The summed E-state index contributed by atoms with van der Waals surface area (Å²) in [6.07, 6.45) is 1.77. The number of hydrogen-bond donors (Lipinski definition) is 2. The number of carbonyl (C=O) groups is 2. The maximum Gasteiger partial charge on any atom is 0.354 e. The molecular formula is C14H15N3O4. The van der Waals surface area contributed by atoms with E-state index in [9.17, 15) is 9.59 Å². The predicted octanol–water partition coefficient (Wildman–Crippen LogP) is 1.48. The van der Waals surface area contributed by atoms with E-state index in [1.807, 2.05) is 0 Å². The Morgan fingerprint density at radius 3 is 2.86 bits per heavy atom. The number of carboxylic acids is 1. The highest BCUT2D eigenvalue weighted by molar-refractivity contribution is 6.02. The molecule has 0 fully saturated rings. The Hall–Kier alpha value is -2.67. The molecule has 0 aromatic carbocycles. The maximum atomic E-state index is 12.2. The lowest BCUT2D eigenvalue weighted by atomic mass is 10.3. The fourth-order valence-electron chi connectivity index (χ4n) is 1.81. The van der Waals surface area contributed by atoms with Crippen LogP contribution in [0.4, 0.5) is 5.82 Å². The Labute approximate surface area is 121 Å². The van der Waals surface area contributed by atoms with Gasteiger partial charge >= 0.3 is 5.97 Å². The minimum absolute atomic E-state index is 0.123. The summed E-state index contributed by atoms with van der Waals surface area (Å²) in [4.78, 5) is 26.9. The molecule has 2 heterocycles. The Kier molecular flexibility index (Phi) is 4.68. The molecule has 2 rings (SSSR count). The summed E-state index contributed by atoms with van der Waals surface area (Å²) in [6, 6.07) is 7.85. The van der Waals surface area contributed by atoms with Gasteiger partial charge in [-0.15, -0.1) is 0 Å². The van der Waals surface area contributed by atoms with Crippen LogP contribution < -0.4 is 5.32 Å². The van der Waals surface area contributed by atoms with Crippen molar-refractivity contribution in [3.05, 3.63) is 47.9 Å². The van der Waals surface area contributed by atoms with E-state index >= 15 is 0 Å². The number of rotatable bonds is 6. The Balaban J connectivity index is 2.13. The van der Waals surface area contributed by atoms with Crippen LogP contribution in [-0.2, 0) is 11.3 Å². The van der Waals surface area contributed by atoms with Gasteiger partial charge in [0.05, 0.1) is 6.61 Å². The van der Waals surface area contributed by atoms with E-state index in [2.05, 4.69) is 10.3 Å². The number of carboxylic acid groups (broad SMARTS) is 1. The van der Waals surface area contributed by atoms with Crippen LogP contribution in [0, 0.1) is 0 Å². The standard InChI is InChI=1S/C14H15N3O4/c1-21-9-8-17-7-3-5-11(17)13(18)16-12-6-2-4-10(15-12)14(19)20/h2-7H,8-9H2,1H3,(H,19,20)(H,15,16,18). The van der Waals surface area contributed by atoms with Crippen molar-refractivity contribution >= 4 is 17.7 Å². The summed E-state index contributed by atoms with van der Waals surface area (Å²) < 4.78 is 6.73. The molecule has 2 aromatic heterocycles. The SMILES string of the molecule is COCCn1cccc1C(=O)Nc1cccc(C(=O)O)n1. The van der Waals surface area contributed by atoms with Crippen molar-refractivity contribution in [1.82, 2.24) is 9.55 Å². The highest BCUT2D eigenvalue weighted by Crippen LogP contribution is 2.09. The van der Waals surface area contributed by atoms with Gasteiger partial charge in [-0.2, -0.15) is 0 Å².